The van der Waals surface area contributed by atoms with Crippen molar-refractivity contribution in [3.8, 4) is 11.5 Å². The number of furan rings is 1. The summed E-state index contributed by atoms with van der Waals surface area (Å²) in [6.07, 6.45) is 2.59. The van der Waals surface area contributed by atoms with Gasteiger partial charge in [0.1, 0.15) is 6.61 Å². The van der Waals surface area contributed by atoms with Gasteiger partial charge in [0.15, 0.2) is 11.5 Å². The van der Waals surface area contributed by atoms with E-state index in [1.54, 1.807) is 36.0 Å². The maximum Gasteiger partial charge on any atom is 0.414 e. The zero-order valence-corrected chi connectivity index (χ0v) is 21.5. The summed E-state index contributed by atoms with van der Waals surface area (Å²) in [5.74, 6) is 0.962. The molecule has 0 fully saturated rings. The number of hydrogen-bond donors (Lipinski definition) is 0. The van der Waals surface area contributed by atoms with Gasteiger partial charge in [-0.3, -0.25) is 9.80 Å². The number of carbonyl (C=O) groups is 2. The van der Waals surface area contributed by atoms with Gasteiger partial charge in [0.05, 0.1) is 45.1 Å². The molecule has 4 rings (SSSR count). The van der Waals surface area contributed by atoms with Crippen LogP contribution < -0.4 is 14.4 Å². The minimum absolute atomic E-state index is 0.0769. The average molecular weight is 509 g/mol. The van der Waals surface area contributed by atoms with Gasteiger partial charge in [0.2, 0.25) is 0 Å². The number of fused-ring (bicyclic) bond motifs is 1. The number of rotatable bonds is 8. The van der Waals surface area contributed by atoms with Gasteiger partial charge in [0, 0.05) is 29.8 Å². The predicted octanol–water partition coefficient (Wildman–Crippen LogP) is 5.93. The molecule has 0 saturated heterocycles. The van der Waals surface area contributed by atoms with E-state index in [-0.39, 0.29) is 25.3 Å². The van der Waals surface area contributed by atoms with Crippen molar-refractivity contribution in [3.63, 3.8) is 0 Å². The molecule has 9 heteroatoms. The molecule has 196 valence electrons. The van der Waals surface area contributed by atoms with E-state index in [2.05, 4.69) is 0 Å². The van der Waals surface area contributed by atoms with Gasteiger partial charge < -0.3 is 23.4 Å². The highest BCUT2D eigenvalue weighted by Gasteiger charge is 2.40. The third kappa shape index (κ3) is 5.66. The highest BCUT2D eigenvalue weighted by molar-refractivity contribution is 5.91. The van der Waals surface area contributed by atoms with E-state index in [9.17, 15) is 9.59 Å². The summed E-state index contributed by atoms with van der Waals surface area (Å²) in [5, 5.41) is 0. The van der Waals surface area contributed by atoms with Gasteiger partial charge in [-0.15, -0.1) is 0 Å². The van der Waals surface area contributed by atoms with E-state index in [1.807, 2.05) is 43.3 Å². The second-order valence-electron chi connectivity index (χ2n) is 8.74. The Morgan fingerprint density at radius 2 is 1.76 bits per heavy atom. The molecule has 0 N–H and O–H groups in total. The molecule has 9 nitrogen and oxygen atoms in total. The maximum absolute atomic E-state index is 13.3. The molecule has 1 aromatic heterocycles. The third-order valence-corrected chi connectivity index (χ3v) is 6.37. The van der Waals surface area contributed by atoms with Crippen molar-refractivity contribution >= 4 is 17.9 Å². The molecule has 0 spiro atoms. The first-order valence-corrected chi connectivity index (χ1v) is 12.2. The Balaban J connectivity index is 1.75. The van der Waals surface area contributed by atoms with Crippen LogP contribution in [0.2, 0.25) is 0 Å². The van der Waals surface area contributed by atoms with Crippen molar-refractivity contribution < 1.29 is 33.0 Å². The Morgan fingerprint density at radius 1 is 1.03 bits per heavy atom. The van der Waals surface area contributed by atoms with Gasteiger partial charge >= 0.3 is 12.2 Å². The van der Waals surface area contributed by atoms with Crippen LogP contribution in [0.3, 0.4) is 0 Å². The molecule has 37 heavy (non-hydrogen) atoms. The number of nitrogens with zero attached hydrogens (tertiary/aromatic N) is 2. The standard InChI is InChI=1S/C28H32N2O7/c1-5-36-27(31)29(16-20-9-7-6-8-10-20)23-13-19(2)30(28(32)37-18-21-11-12-35-17-21)24-15-26(34-4)25(33-3)14-22(23)24/h6-12,14-15,17,19,23H,5,13,16,18H2,1-4H3/t19-,23+/m1/s1. The van der Waals surface area contributed by atoms with Crippen molar-refractivity contribution in [3.05, 3.63) is 77.7 Å². The number of benzene rings is 2. The average Bonchev–Trinajstić information content (AvgIpc) is 3.44. The number of carbonyl (C=O) groups excluding carboxylic acids is 2. The largest absolute Gasteiger partial charge is 0.493 e. The van der Waals surface area contributed by atoms with Gasteiger partial charge in [-0.1, -0.05) is 30.3 Å². The molecule has 0 unspecified atom stereocenters. The summed E-state index contributed by atoms with van der Waals surface area (Å²) in [7, 11) is 3.09. The first-order valence-electron chi connectivity index (χ1n) is 12.2. The Morgan fingerprint density at radius 3 is 2.41 bits per heavy atom. The number of ether oxygens (including phenoxy) is 4. The number of methoxy groups -OCH3 is 2. The van der Waals surface area contributed by atoms with Crippen LogP contribution in [-0.4, -0.2) is 44.0 Å². The monoisotopic (exact) mass is 508 g/mol. The number of hydrogen-bond acceptors (Lipinski definition) is 7. The topological polar surface area (TPSA) is 90.7 Å². The summed E-state index contributed by atoms with van der Waals surface area (Å²) in [6.45, 7) is 4.38. The van der Waals surface area contributed by atoms with E-state index < -0.39 is 12.2 Å². The molecule has 0 aliphatic carbocycles. The summed E-state index contributed by atoms with van der Waals surface area (Å²) >= 11 is 0. The van der Waals surface area contributed by atoms with Crippen LogP contribution in [0.4, 0.5) is 15.3 Å². The zero-order chi connectivity index (χ0) is 26.4. The lowest BCUT2D eigenvalue weighted by Crippen LogP contribution is -2.47. The lowest BCUT2D eigenvalue weighted by atomic mass is 9.90. The molecule has 0 bridgehead atoms. The summed E-state index contributed by atoms with van der Waals surface area (Å²) in [6, 6.07) is 14.4. The van der Waals surface area contributed by atoms with E-state index in [4.69, 9.17) is 23.4 Å². The SMILES string of the molecule is CCOC(=O)N(Cc1ccccc1)[C@H]1C[C@@H](C)N(C(=O)OCc2ccoc2)c2cc(OC)c(OC)cc21. The Hall–Kier alpha value is -4.14. The molecule has 1 aliphatic rings. The van der Waals surface area contributed by atoms with Gasteiger partial charge in [-0.25, -0.2) is 9.59 Å². The van der Waals surface area contributed by atoms with Crippen LogP contribution in [0.5, 0.6) is 11.5 Å². The highest BCUT2D eigenvalue weighted by atomic mass is 16.6. The van der Waals surface area contributed by atoms with Crippen LogP contribution in [0, 0.1) is 0 Å². The van der Waals surface area contributed by atoms with Crippen LogP contribution >= 0.6 is 0 Å². The van der Waals surface area contributed by atoms with Gasteiger partial charge in [-0.2, -0.15) is 0 Å². The lowest BCUT2D eigenvalue weighted by Gasteiger charge is -2.42. The summed E-state index contributed by atoms with van der Waals surface area (Å²) in [4.78, 5) is 29.8. The summed E-state index contributed by atoms with van der Waals surface area (Å²) < 4.78 is 27.2. The maximum atomic E-state index is 13.3. The van der Waals surface area contributed by atoms with Gasteiger partial charge in [-0.05, 0) is 38.0 Å². The fourth-order valence-corrected chi connectivity index (χ4v) is 4.60. The molecule has 2 amide bonds. The smallest absolute Gasteiger partial charge is 0.414 e. The lowest BCUT2D eigenvalue weighted by molar-refractivity contribution is 0.0807. The van der Waals surface area contributed by atoms with Crippen molar-refractivity contribution in [2.45, 2.75) is 45.5 Å². The van der Waals surface area contributed by atoms with Crippen molar-refractivity contribution in [1.29, 1.82) is 0 Å². The molecule has 0 saturated carbocycles. The molecular weight excluding hydrogens is 476 g/mol. The first-order chi connectivity index (χ1) is 18.0. The van der Waals surface area contributed by atoms with Crippen LogP contribution in [0.1, 0.15) is 43.0 Å². The quantitative estimate of drug-likeness (QED) is 0.372. The highest BCUT2D eigenvalue weighted by Crippen LogP contribution is 2.46. The zero-order valence-electron chi connectivity index (χ0n) is 21.5. The van der Waals surface area contributed by atoms with Crippen molar-refractivity contribution in [1.82, 2.24) is 4.90 Å². The predicted molar refractivity (Wildman–Crippen MR) is 137 cm³/mol. The van der Waals surface area contributed by atoms with Crippen LogP contribution in [-0.2, 0) is 22.6 Å². The van der Waals surface area contributed by atoms with Crippen LogP contribution in [0.15, 0.2) is 65.5 Å². The molecule has 3 aromatic rings. The minimum Gasteiger partial charge on any atom is -0.493 e. The normalized spacial score (nSPS) is 16.5. The van der Waals surface area contributed by atoms with Crippen LogP contribution in [0.25, 0.3) is 0 Å². The van der Waals surface area contributed by atoms with Crippen molar-refractivity contribution in [2.24, 2.45) is 0 Å². The van der Waals surface area contributed by atoms with E-state index in [0.717, 1.165) is 16.7 Å². The van der Waals surface area contributed by atoms with Crippen molar-refractivity contribution in [2.75, 3.05) is 25.7 Å². The third-order valence-electron chi connectivity index (χ3n) is 6.37. The Bertz CT molecular complexity index is 1200. The first kappa shape index (κ1) is 25.9. The fraction of sp³-hybridized carbons (Fsp3) is 0.357. The Labute approximate surface area is 216 Å². The molecule has 1 aliphatic heterocycles. The number of amides is 2. The molecule has 0 radical (unpaired) electrons. The fourth-order valence-electron chi connectivity index (χ4n) is 4.60. The molecule has 2 aromatic carbocycles. The van der Waals surface area contributed by atoms with E-state index >= 15 is 0 Å². The summed E-state index contributed by atoms with van der Waals surface area (Å²) in [5.41, 5.74) is 3.04. The van der Waals surface area contributed by atoms with Gasteiger partial charge in [0.25, 0.3) is 0 Å². The van der Waals surface area contributed by atoms with E-state index in [1.165, 1.54) is 19.6 Å². The molecule has 2 atom stereocenters. The minimum atomic E-state index is -0.508. The van der Waals surface area contributed by atoms with E-state index in [0.29, 0.717) is 30.2 Å². The number of anilines is 1. The second-order valence-corrected chi connectivity index (χ2v) is 8.74. The molecular formula is C28H32N2O7. The molecule has 2 heterocycles. The second kappa shape index (κ2) is 11.7. The Kier molecular flexibility index (Phi) is 8.22.